The maximum Gasteiger partial charge on any atom is -0.0137 e. The van der Waals surface area contributed by atoms with Crippen molar-refractivity contribution < 1.29 is 0 Å². The summed E-state index contributed by atoms with van der Waals surface area (Å²) in [4.78, 5) is 0. The van der Waals surface area contributed by atoms with E-state index in [1.165, 1.54) is 25.7 Å². The summed E-state index contributed by atoms with van der Waals surface area (Å²) >= 11 is 0. The predicted octanol–water partition coefficient (Wildman–Crippen LogP) is 5.53. The van der Waals surface area contributed by atoms with Crippen LogP contribution in [0.3, 0.4) is 0 Å². The first kappa shape index (κ1) is 16.3. The van der Waals surface area contributed by atoms with Crippen LogP contribution in [0.15, 0.2) is 24.3 Å². The van der Waals surface area contributed by atoms with Gasteiger partial charge in [0.15, 0.2) is 0 Å². The van der Waals surface area contributed by atoms with E-state index in [0.29, 0.717) is 0 Å². The van der Waals surface area contributed by atoms with Gasteiger partial charge in [-0.15, -0.1) is 0 Å². The lowest BCUT2D eigenvalue weighted by Crippen LogP contribution is -2.27. The Morgan fingerprint density at radius 2 is 0.875 bits per heavy atom. The van der Waals surface area contributed by atoms with Crippen molar-refractivity contribution in [3.05, 3.63) is 24.3 Å². The Kier molecular flexibility index (Phi) is 3.93. The fourth-order valence-electron chi connectivity index (χ4n) is 6.74. The first-order chi connectivity index (χ1) is 11.6. The molecule has 4 unspecified atom stereocenters. The first-order valence-corrected chi connectivity index (χ1v) is 13.2. The summed E-state index contributed by atoms with van der Waals surface area (Å²) in [6.45, 7) is 10.2. The molecule has 0 nitrogen and oxygen atoms in total. The Labute approximate surface area is 150 Å². The second kappa shape index (κ2) is 5.79. The van der Waals surface area contributed by atoms with Crippen molar-refractivity contribution in [1.82, 2.24) is 0 Å². The number of benzene rings is 1. The van der Waals surface area contributed by atoms with E-state index in [-0.39, 0.29) is 15.8 Å². The zero-order chi connectivity index (χ0) is 16.6. The molecule has 130 valence electrons. The van der Waals surface area contributed by atoms with Crippen molar-refractivity contribution in [2.24, 2.45) is 23.7 Å². The minimum Gasteiger partial charge on any atom is -0.0677 e. The molecule has 4 heterocycles. The van der Waals surface area contributed by atoms with Gasteiger partial charge in [-0.3, -0.25) is 0 Å². The number of hydrogen-bond donors (Lipinski definition) is 0. The van der Waals surface area contributed by atoms with E-state index < -0.39 is 0 Å². The van der Waals surface area contributed by atoms with Gasteiger partial charge in [-0.05, 0) is 82.6 Å². The predicted molar refractivity (Wildman–Crippen MR) is 110 cm³/mol. The van der Waals surface area contributed by atoms with Gasteiger partial charge in [0.05, 0.1) is 0 Å². The van der Waals surface area contributed by atoms with Crippen LogP contribution < -0.4 is 10.6 Å². The van der Waals surface area contributed by atoms with E-state index in [2.05, 4.69) is 52.0 Å². The molecule has 1 aromatic rings. The summed E-state index contributed by atoms with van der Waals surface area (Å²) in [5, 5.41) is 3.75. The molecule has 24 heavy (non-hydrogen) atoms. The fourth-order valence-corrected chi connectivity index (χ4v) is 16.0. The van der Waals surface area contributed by atoms with Gasteiger partial charge in [-0.25, -0.2) is 0 Å². The van der Waals surface area contributed by atoms with Crippen LogP contribution in [0.5, 0.6) is 0 Å². The smallest absolute Gasteiger partial charge is 0.0137 e. The van der Waals surface area contributed by atoms with Gasteiger partial charge in [0, 0.05) is 0 Å². The Balaban J connectivity index is 1.56. The summed E-state index contributed by atoms with van der Waals surface area (Å²) in [6.07, 6.45) is 6.07. The van der Waals surface area contributed by atoms with Crippen LogP contribution in [-0.4, -0.2) is 22.6 Å². The Morgan fingerprint density at radius 1 is 0.583 bits per heavy atom. The topological polar surface area (TPSA) is 0 Å². The molecule has 4 fully saturated rings. The fraction of sp³-hybridized carbons (Fsp3) is 0.727. The summed E-state index contributed by atoms with van der Waals surface area (Å²) in [6, 6.07) is 9.86. The van der Waals surface area contributed by atoms with Crippen molar-refractivity contribution in [2.75, 3.05) is 0 Å². The Hall–Kier alpha value is 0.0800. The van der Waals surface area contributed by atoms with Gasteiger partial charge in [-0.1, -0.05) is 67.8 Å². The lowest BCUT2D eigenvalue weighted by molar-refractivity contribution is 0.365. The van der Waals surface area contributed by atoms with Crippen LogP contribution in [-0.2, 0) is 0 Å². The third-order valence-electron chi connectivity index (χ3n) is 7.95. The Bertz CT molecular complexity index is 554. The molecule has 4 aliphatic heterocycles. The minimum atomic E-state index is 0.110. The summed E-state index contributed by atoms with van der Waals surface area (Å²) in [5.41, 5.74) is 4.13. The third kappa shape index (κ3) is 2.18. The number of hydrogen-bond acceptors (Lipinski definition) is 0. The summed E-state index contributed by atoms with van der Waals surface area (Å²) < 4.78 is 0. The van der Waals surface area contributed by atoms with Gasteiger partial charge in [0.1, 0.15) is 0 Å². The molecule has 2 heteroatoms. The molecule has 0 aliphatic carbocycles. The molecule has 0 spiro atoms. The molecule has 5 rings (SSSR count). The highest BCUT2D eigenvalue weighted by Crippen LogP contribution is 2.70. The maximum absolute atomic E-state index is 2.58. The molecule has 0 radical (unpaired) electrons. The van der Waals surface area contributed by atoms with Crippen molar-refractivity contribution in [3.8, 4) is 0 Å². The highest BCUT2D eigenvalue weighted by molar-refractivity contribution is 7.74. The van der Waals surface area contributed by atoms with Gasteiger partial charge in [-0.2, -0.15) is 0 Å². The lowest BCUT2D eigenvalue weighted by atomic mass is 9.84. The van der Waals surface area contributed by atoms with Crippen molar-refractivity contribution in [2.45, 2.75) is 76.0 Å². The average molecular weight is 358 g/mol. The second-order valence-corrected chi connectivity index (χ2v) is 14.7. The van der Waals surface area contributed by atoms with Gasteiger partial charge in [0.25, 0.3) is 0 Å². The van der Waals surface area contributed by atoms with Crippen LogP contribution in [0.1, 0.15) is 53.4 Å². The highest BCUT2D eigenvalue weighted by atomic mass is 31.1. The molecule has 4 saturated heterocycles. The normalized spacial score (nSPS) is 52.3. The molecule has 0 N–H and O–H groups in total. The standard InChI is InChI=1S/C22H32P2/c1-13-9-20-14(2)10-19(13)23(20)17-7-5-6-8-18(17)24-21-12-16(4)22(24)11-15(21)3/h5-8,13-16,19-22H,9-12H2,1-4H3/t13-,14-,15-,16-,19?,20?,21?,22?,23?,24?/m0/s1. The zero-order valence-electron chi connectivity index (χ0n) is 15.7. The molecule has 4 aliphatic rings. The average Bonchev–Trinajstić information content (AvgIpc) is 3.24. The quantitative estimate of drug-likeness (QED) is 0.610. The zero-order valence-corrected chi connectivity index (χ0v) is 17.4. The van der Waals surface area contributed by atoms with Gasteiger partial charge in [0.2, 0.25) is 0 Å². The molecule has 0 amide bonds. The lowest BCUT2D eigenvalue weighted by Gasteiger charge is -2.27. The molecular weight excluding hydrogens is 326 g/mol. The molecule has 0 saturated carbocycles. The van der Waals surface area contributed by atoms with E-state index in [1.807, 2.05) is 10.6 Å². The van der Waals surface area contributed by atoms with E-state index in [9.17, 15) is 0 Å². The van der Waals surface area contributed by atoms with Crippen LogP contribution in [0.25, 0.3) is 0 Å². The van der Waals surface area contributed by atoms with E-state index >= 15 is 0 Å². The first-order valence-electron chi connectivity index (χ1n) is 10.2. The number of fused-ring (bicyclic) bond motifs is 4. The molecule has 1 aromatic carbocycles. The molecule has 8 atom stereocenters. The van der Waals surface area contributed by atoms with E-state index in [0.717, 1.165) is 46.3 Å². The van der Waals surface area contributed by atoms with Crippen LogP contribution >= 0.6 is 15.8 Å². The summed E-state index contributed by atoms with van der Waals surface area (Å²) in [7, 11) is 0.220. The highest BCUT2D eigenvalue weighted by Gasteiger charge is 2.54. The molecule has 0 aromatic heterocycles. The largest absolute Gasteiger partial charge is 0.0677 e. The number of rotatable bonds is 2. The van der Waals surface area contributed by atoms with Crippen molar-refractivity contribution in [1.29, 1.82) is 0 Å². The van der Waals surface area contributed by atoms with E-state index in [4.69, 9.17) is 0 Å². The van der Waals surface area contributed by atoms with Crippen LogP contribution in [0.2, 0.25) is 0 Å². The van der Waals surface area contributed by atoms with Crippen molar-refractivity contribution in [3.63, 3.8) is 0 Å². The maximum atomic E-state index is 2.58. The minimum absolute atomic E-state index is 0.110. The van der Waals surface area contributed by atoms with Crippen LogP contribution in [0, 0.1) is 23.7 Å². The summed E-state index contributed by atoms with van der Waals surface area (Å²) in [5.74, 6) is 3.93. The molecular formula is C22H32P2. The van der Waals surface area contributed by atoms with Gasteiger partial charge < -0.3 is 0 Å². The SMILES string of the molecule is C[C@H]1CC2[C@@H](C)CC1P2c1ccccc1P1C2C[C@H](C)C1C[C@@H]2C. The molecule has 4 bridgehead atoms. The van der Waals surface area contributed by atoms with Gasteiger partial charge >= 0.3 is 0 Å². The third-order valence-corrected chi connectivity index (χ3v) is 15.8. The second-order valence-electron chi connectivity index (χ2n) is 9.42. The van der Waals surface area contributed by atoms with Crippen molar-refractivity contribution >= 4 is 26.5 Å². The Morgan fingerprint density at radius 3 is 1.17 bits per heavy atom. The van der Waals surface area contributed by atoms with E-state index in [1.54, 1.807) is 0 Å². The van der Waals surface area contributed by atoms with Crippen LogP contribution in [0.4, 0.5) is 0 Å². The monoisotopic (exact) mass is 358 g/mol.